The molecule has 0 bridgehead atoms. The summed E-state index contributed by atoms with van der Waals surface area (Å²) in [7, 11) is 0. The zero-order valence-corrected chi connectivity index (χ0v) is 11.7. The molecule has 4 heteroatoms. The summed E-state index contributed by atoms with van der Waals surface area (Å²) in [5.41, 5.74) is 0. The van der Waals surface area contributed by atoms with Crippen molar-refractivity contribution in [3.05, 3.63) is 0 Å². The summed E-state index contributed by atoms with van der Waals surface area (Å²) in [5, 5.41) is 0. The van der Waals surface area contributed by atoms with E-state index in [2.05, 4.69) is 9.80 Å². The van der Waals surface area contributed by atoms with Gasteiger partial charge in [0, 0.05) is 25.8 Å². The molecule has 3 nitrogen and oxygen atoms in total. The molecule has 2 saturated heterocycles. The average Bonchev–Trinajstić information content (AvgIpc) is 2.56. The monoisotopic (exact) mass is 256 g/mol. The zero-order chi connectivity index (χ0) is 12.1. The Kier molecular flexibility index (Phi) is 5.16. The van der Waals surface area contributed by atoms with Crippen molar-refractivity contribution in [3.8, 4) is 0 Å². The van der Waals surface area contributed by atoms with Gasteiger partial charge in [-0.1, -0.05) is 6.42 Å². The lowest BCUT2D eigenvalue weighted by Crippen LogP contribution is -2.48. The topological polar surface area (TPSA) is 23.6 Å². The minimum atomic E-state index is 0.259. The molecule has 2 fully saturated rings. The van der Waals surface area contributed by atoms with Crippen LogP contribution in [-0.4, -0.2) is 59.4 Å². The third-order valence-corrected chi connectivity index (χ3v) is 4.96. The molecule has 0 aliphatic carbocycles. The summed E-state index contributed by atoms with van der Waals surface area (Å²) in [6, 6.07) is 0.443. The van der Waals surface area contributed by atoms with Crippen LogP contribution in [0.4, 0.5) is 0 Å². The second-order valence-corrected chi connectivity index (χ2v) is 6.31. The highest BCUT2D eigenvalue weighted by molar-refractivity contribution is 7.99. The molecule has 0 N–H and O–H groups in total. The van der Waals surface area contributed by atoms with E-state index in [1.165, 1.54) is 38.1 Å². The third-order valence-electron chi connectivity index (χ3n) is 3.76. The first-order chi connectivity index (χ1) is 8.27. The van der Waals surface area contributed by atoms with Gasteiger partial charge in [-0.2, -0.15) is 11.8 Å². The number of likely N-dealkylation sites (tertiary alicyclic amines) is 1. The zero-order valence-electron chi connectivity index (χ0n) is 10.9. The van der Waals surface area contributed by atoms with Gasteiger partial charge in [0.05, 0.1) is 6.04 Å². The van der Waals surface area contributed by atoms with Crippen LogP contribution < -0.4 is 0 Å². The Labute approximate surface area is 109 Å². The highest BCUT2D eigenvalue weighted by Crippen LogP contribution is 2.19. The van der Waals surface area contributed by atoms with Crippen molar-refractivity contribution in [3.63, 3.8) is 0 Å². The van der Waals surface area contributed by atoms with Crippen LogP contribution in [0.5, 0.6) is 0 Å². The molecule has 0 aromatic rings. The fourth-order valence-corrected chi connectivity index (χ4v) is 3.89. The Morgan fingerprint density at radius 1 is 1.18 bits per heavy atom. The van der Waals surface area contributed by atoms with E-state index in [4.69, 9.17) is 0 Å². The van der Waals surface area contributed by atoms with E-state index in [-0.39, 0.29) is 5.91 Å². The van der Waals surface area contributed by atoms with Crippen molar-refractivity contribution < 1.29 is 4.79 Å². The van der Waals surface area contributed by atoms with E-state index in [1.54, 1.807) is 6.92 Å². The van der Waals surface area contributed by atoms with E-state index in [0.717, 1.165) is 25.3 Å². The highest BCUT2D eigenvalue weighted by Gasteiger charge is 2.25. The van der Waals surface area contributed by atoms with Crippen LogP contribution in [0.2, 0.25) is 0 Å². The molecule has 2 rings (SSSR count). The Hall–Kier alpha value is -0.220. The maximum atomic E-state index is 11.7. The van der Waals surface area contributed by atoms with Gasteiger partial charge in [-0.25, -0.2) is 0 Å². The largest absolute Gasteiger partial charge is 0.338 e. The number of piperidine rings is 1. The summed E-state index contributed by atoms with van der Waals surface area (Å²) in [6.07, 6.45) is 5.20. The smallest absolute Gasteiger partial charge is 0.219 e. The van der Waals surface area contributed by atoms with Crippen LogP contribution in [0, 0.1) is 0 Å². The van der Waals surface area contributed by atoms with Crippen LogP contribution in [0.1, 0.15) is 32.6 Å². The minimum Gasteiger partial charge on any atom is -0.338 e. The van der Waals surface area contributed by atoms with Crippen molar-refractivity contribution in [2.45, 2.75) is 38.6 Å². The second-order valence-electron chi connectivity index (χ2n) is 5.16. The molecule has 2 aliphatic heterocycles. The lowest BCUT2D eigenvalue weighted by atomic mass is 10.1. The van der Waals surface area contributed by atoms with Gasteiger partial charge in [0.25, 0.3) is 0 Å². The van der Waals surface area contributed by atoms with Gasteiger partial charge >= 0.3 is 0 Å². The molecule has 2 aliphatic rings. The number of amides is 1. The van der Waals surface area contributed by atoms with Gasteiger partial charge in [0.15, 0.2) is 0 Å². The third kappa shape index (κ3) is 3.88. The lowest BCUT2D eigenvalue weighted by molar-refractivity contribution is -0.131. The molecule has 17 heavy (non-hydrogen) atoms. The first-order valence-electron chi connectivity index (χ1n) is 6.84. The van der Waals surface area contributed by atoms with Gasteiger partial charge in [-0.05, 0) is 38.1 Å². The van der Waals surface area contributed by atoms with Crippen molar-refractivity contribution in [2.24, 2.45) is 0 Å². The van der Waals surface area contributed by atoms with Crippen LogP contribution in [0.25, 0.3) is 0 Å². The van der Waals surface area contributed by atoms with Gasteiger partial charge in [0.2, 0.25) is 5.91 Å². The number of hydrogen-bond acceptors (Lipinski definition) is 3. The standard InChI is InChI=1S/C13H24N2OS/c1-12(16)15-8-5-9-17-11-13(15)10-14-6-3-2-4-7-14/h13H,2-11H2,1H3. The van der Waals surface area contributed by atoms with Crippen molar-refractivity contribution in [1.82, 2.24) is 9.80 Å². The fraction of sp³-hybridized carbons (Fsp3) is 0.923. The summed E-state index contributed by atoms with van der Waals surface area (Å²) >= 11 is 2.01. The molecule has 1 unspecified atom stereocenters. The highest BCUT2D eigenvalue weighted by atomic mass is 32.2. The van der Waals surface area contributed by atoms with Crippen molar-refractivity contribution in [1.29, 1.82) is 0 Å². The predicted octanol–water partition coefficient (Wildman–Crippen LogP) is 1.83. The Morgan fingerprint density at radius 3 is 2.65 bits per heavy atom. The maximum absolute atomic E-state index is 11.7. The number of hydrogen-bond donors (Lipinski definition) is 0. The first kappa shape index (κ1) is 13.2. The van der Waals surface area contributed by atoms with E-state index < -0.39 is 0 Å². The van der Waals surface area contributed by atoms with Gasteiger partial charge in [0.1, 0.15) is 0 Å². The van der Waals surface area contributed by atoms with Crippen LogP contribution in [0.3, 0.4) is 0 Å². The van der Waals surface area contributed by atoms with Crippen molar-refractivity contribution >= 4 is 17.7 Å². The molecule has 0 spiro atoms. The molecule has 0 radical (unpaired) electrons. The van der Waals surface area contributed by atoms with Gasteiger partial charge < -0.3 is 9.80 Å². The Balaban J connectivity index is 1.91. The molecule has 1 atom stereocenters. The molecular formula is C13H24N2OS. The van der Waals surface area contributed by atoms with Crippen LogP contribution in [0.15, 0.2) is 0 Å². The molecule has 0 saturated carbocycles. The van der Waals surface area contributed by atoms with Gasteiger partial charge in [-0.3, -0.25) is 4.79 Å². The predicted molar refractivity (Wildman–Crippen MR) is 73.4 cm³/mol. The fourth-order valence-electron chi connectivity index (χ4n) is 2.83. The molecule has 1 amide bonds. The number of carbonyl (C=O) groups excluding carboxylic acids is 1. The molecule has 2 heterocycles. The Morgan fingerprint density at radius 2 is 1.94 bits per heavy atom. The summed E-state index contributed by atoms with van der Waals surface area (Å²) in [5.74, 6) is 2.59. The number of thioether (sulfide) groups is 1. The summed E-state index contributed by atoms with van der Waals surface area (Å²) in [4.78, 5) is 16.4. The quantitative estimate of drug-likeness (QED) is 0.753. The van der Waals surface area contributed by atoms with Crippen LogP contribution >= 0.6 is 11.8 Å². The SMILES string of the molecule is CC(=O)N1CCCSCC1CN1CCCCC1. The van der Waals surface area contributed by atoms with Gasteiger partial charge in [-0.15, -0.1) is 0 Å². The summed E-state index contributed by atoms with van der Waals surface area (Å²) in [6.45, 7) is 6.23. The lowest BCUT2D eigenvalue weighted by Gasteiger charge is -2.35. The molecule has 98 valence electrons. The number of rotatable bonds is 2. The maximum Gasteiger partial charge on any atom is 0.219 e. The second kappa shape index (κ2) is 6.64. The average molecular weight is 256 g/mol. The normalized spacial score (nSPS) is 27.8. The van der Waals surface area contributed by atoms with E-state index in [9.17, 15) is 4.79 Å². The van der Waals surface area contributed by atoms with E-state index >= 15 is 0 Å². The molecule has 0 aromatic carbocycles. The molecular weight excluding hydrogens is 232 g/mol. The molecule has 0 aromatic heterocycles. The number of carbonyl (C=O) groups is 1. The van der Waals surface area contributed by atoms with E-state index in [1.807, 2.05) is 11.8 Å². The minimum absolute atomic E-state index is 0.259. The van der Waals surface area contributed by atoms with Crippen molar-refractivity contribution in [2.75, 3.05) is 37.7 Å². The number of nitrogens with zero attached hydrogens (tertiary/aromatic N) is 2. The van der Waals surface area contributed by atoms with E-state index in [0.29, 0.717) is 6.04 Å². The Bertz CT molecular complexity index is 254. The van der Waals surface area contributed by atoms with Crippen LogP contribution in [-0.2, 0) is 4.79 Å². The summed E-state index contributed by atoms with van der Waals surface area (Å²) < 4.78 is 0. The first-order valence-corrected chi connectivity index (χ1v) is 8.00.